The predicted octanol–water partition coefficient (Wildman–Crippen LogP) is 2.83. The summed E-state index contributed by atoms with van der Waals surface area (Å²) >= 11 is 0. The third-order valence-corrected chi connectivity index (χ3v) is 2.13. The minimum atomic E-state index is 0.988. The predicted molar refractivity (Wildman–Crippen MR) is 36.8 cm³/mol. The van der Waals surface area contributed by atoms with Crippen molar-refractivity contribution in [2.45, 2.75) is 39.5 Å². The van der Waals surface area contributed by atoms with Crippen LogP contribution in [-0.4, -0.2) is 0 Å². The van der Waals surface area contributed by atoms with Crippen LogP contribution in [-0.2, 0) is 0 Å². The van der Waals surface area contributed by atoms with Gasteiger partial charge in [-0.15, -0.1) is 0 Å². The molecule has 0 bridgehead atoms. The van der Waals surface area contributed by atoms with Crippen LogP contribution in [0.5, 0.6) is 0 Å². The third-order valence-electron chi connectivity index (χ3n) is 2.13. The van der Waals surface area contributed by atoms with Gasteiger partial charge in [0.25, 0.3) is 0 Å². The molecule has 48 valence electrons. The van der Waals surface area contributed by atoms with E-state index in [4.69, 9.17) is 0 Å². The highest BCUT2D eigenvalue weighted by Gasteiger charge is 2.22. The van der Waals surface area contributed by atoms with Gasteiger partial charge in [0, 0.05) is 0 Å². The van der Waals surface area contributed by atoms with Crippen molar-refractivity contribution in [1.29, 1.82) is 0 Å². The van der Waals surface area contributed by atoms with Crippen LogP contribution in [0.2, 0.25) is 0 Å². The average molecular weight is 112 g/mol. The van der Waals surface area contributed by atoms with Crippen molar-refractivity contribution in [3.8, 4) is 0 Å². The molecule has 1 rings (SSSR count). The molecular weight excluding hydrogens is 96.1 g/mol. The highest BCUT2D eigenvalue weighted by molar-refractivity contribution is 4.74. The Morgan fingerprint density at radius 3 is 2.50 bits per heavy atom. The van der Waals surface area contributed by atoms with E-state index in [0.29, 0.717) is 0 Å². The summed E-state index contributed by atoms with van der Waals surface area (Å²) in [6.07, 6.45) is 5.90. The fourth-order valence-electron chi connectivity index (χ4n) is 1.09. The Balaban J connectivity index is 1.98. The van der Waals surface area contributed by atoms with E-state index in [-0.39, 0.29) is 0 Å². The molecule has 0 N–H and O–H groups in total. The Morgan fingerprint density at radius 1 is 1.50 bits per heavy atom. The summed E-state index contributed by atoms with van der Waals surface area (Å²) in [6, 6.07) is 0. The van der Waals surface area contributed by atoms with Crippen LogP contribution >= 0.6 is 0 Å². The molecule has 0 radical (unpaired) electrons. The van der Waals surface area contributed by atoms with Crippen LogP contribution in [0.1, 0.15) is 39.5 Å². The van der Waals surface area contributed by atoms with E-state index in [1.165, 1.54) is 25.7 Å². The van der Waals surface area contributed by atoms with Crippen molar-refractivity contribution in [1.82, 2.24) is 0 Å². The molecule has 0 saturated heterocycles. The lowest BCUT2D eigenvalue weighted by atomic mass is 10.0. The van der Waals surface area contributed by atoms with E-state index < -0.39 is 0 Å². The van der Waals surface area contributed by atoms with Crippen LogP contribution in [0.4, 0.5) is 0 Å². The van der Waals surface area contributed by atoms with Gasteiger partial charge >= 0.3 is 0 Å². The van der Waals surface area contributed by atoms with Gasteiger partial charge in [-0.2, -0.15) is 0 Å². The molecule has 0 amide bonds. The molecule has 0 unspecified atom stereocenters. The fourth-order valence-corrected chi connectivity index (χ4v) is 1.09. The SMILES string of the molecule is CC[C@H](C)CC1CC1. The third kappa shape index (κ3) is 1.85. The lowest BCUT2D eigenvalue weighted by molar-refractivity contribution is 0.482. The van der Waals surface area contributed by atoms with E-state index in [0.717, 1.165) is 11.8 Å². The summed E-state index contributed by atoms with van der Waals surface area (Å²) in [5.41, 5.74) is 0. The van der Waals surface area contributed by atoms with E-state index in [9.17, 15) is 0 Å². The molecule has 0 aromatic carbocycles. The van der Waals surface area contributed by atoms with Gasteiger partial charge in [0.05, 0.1) is 0 Å². The van der Waals surface area contributed by atoms with Gasteiger partial charge in [0.1, 0.15) is 0 Å². The van der Waals surface area contributed by atoms with Gasteiger partial charge in [0.2, 0.25) is 0 Å². The Hall–Kier alpha value is 0. The van der Waals surface area contributed by atoms with Crippen molar-refractivity contribution >= 4 is 0 Å². The van der Waals surface area contributed by atoms with Crippen LogP contribution in [0.15, 0.2) is 0 Å². The molecule has 0 aliphatic heterocycles. The van der Waals surface area contributed by atoms with Crippen molar-refractivity contribution in [3.05, 3.63) is 0 Å². The first-order chi connectivity index (χ1) is 3.83. The Bertz CT molecular complexity index is 62.4. The summed E-state index contributed by atoms with van der Waals surface area (Å²) in [6.45, 7) is 4.64. The van der Waals surface area contributed by atoms with Gasteiger partial charge in [-0.25, -0.2) is 0 Å². The molecule has 1 aliphatic carbocycles. The molecule has 1 saturated carbocycles. The van der Waals surface area contributed by atoms with Crippen molar-refractivity contribution in [2.24, 2.45) is 11.8 Å². The monoisotopic (exact) mass is 112 g/mol. The van der Waals surface area contributed by atoms with Crippen molar-refractivity contribution < 1.29 is 0 Å². The quantitative estimate of drug-likeness (QED) is 0.526. The van der Waals surface area contributed by atoms with Gasteiger partial charge < -0.3 is 0 Å². The highest BCUT2D eigenvalue weighted by Crippen LogP contribution is 2.35. The van der Waals surface area contributed by atoms with Crippen LogP contribution in [0, 0.1) is 11.8 Å². The molecule has 0 heteroatoms. The Morgan fingerprint density at radius 2 is 2.12 bits per heavy atom. The summed E-state index contributed by atoms with van der Waals surface area (Å²) in [4.78, 5) is 0. The lowest BCUT2D eigenvalue weighted by Crippen LogP contribution is -1.91. The minimum absolute atomic E-state index is 0.988. The highest BCUT2D eigenvalue weighted by atomic mass is 14.3. The first kappa shape index (κ1) is 6.12. The zero-order valence-electron chi connectivity index (χ0n) is 5.98. The molecule has 1 fully saturated rings. The maximum absolute atomic E-state index is 2.36. The molecular formula is C8H16. The van der Waals surface area contributed by atoms with E-state index in [1.807, 2.05) is 0 Å². The second-order valence-corrected chi connectivity index (χ2v) is 3.19. The summed E-state index contributed by atoms with van der Waals surface area (Å²) in [5, 5.41) is 0. The molecule has 0 spiro atoms. The molecule has 0 aromatic rings. The normalized spacial score (nSPS) is 23.2. The first-order valence-corrected chi connectivity index (χ1v) is 3.83. The fraction of sp³-hybridized carbons (Fsp3) is 1.00. The lowest BCUT2D eigenvalue weighted by Gasteiger charge is -2.04. The average Bonchev–Trinajstić information content (AvgIpc) is 2.50. The maximum atomic E-state index is 2.36. The topological polar surface area (TPSA) is 0 Å². The number of hydrogen-bond donors (Lipinski definition) is 0. The van der Waals surface area contributed by atoms with Gasteiger partial charge in [-0.1, -0.05) is 33.1 Å². The minimum Gasteiger partial charge on any atom is -0.0651 e. The number of hydrogen-bond acceptors (Lipinski definition) is 0. The zero-order valence-corrected chi connectivity index (χ0v) is 5.98. The Kier molecular flexibility index (Phi) is 1.93. The van der Waals surface area contributed by atoms with Crippen molar-refractivity contribution in [3.63, 3.8) is 0 Å². The molecule has 1 atom stereocenters. The smallest absolute Gasteiger partial charge is 0.0412 e. The second-order valence-electron chi connectivity index (χ2n) is 3.19. The number of rotatable bonds is 3. The van der Waals surface area contributed by atoms with Gasteiger partial charge in [-0.05, 0) is 18.3 Å². The van der Waals surface area contributed by atoms with Crippen LogP contribution in [0.25, 0.3) is 0 Å². The summed E-state index contributed by atoms with van der Waals surface area (Å²) in [7, 11) is 0. The zero-order chi connectivity index (χ0) is 5.98. The van der Waals surface area contributed by atoms with E-state index in [1.54, 1.807) is 0 Å². The van der Waals surface area contributed by atoms with Crippen molar-refractivity contribution in [2.75, 3.05) is 0 Å². The molecule has 0 heterocycles. The standard InChI is InChI=1S/C8H16/c1-3-7(2)6-8-4-5-8/h7-8H,3-6H2,1-2H3/t7-/m0/s1. The van der Waals surface area contributed by atoms with E-state index >= 15 is 0 Å². The summed E-state index contributed by atoms with van der Waals surface area (Å²) in [5.74, 6) is 2.12. The molecule has 8 heavy (non-hydrogen) atoms. The molecule has 0 aromatic heterocycles. The second kappa shape index (κ2) is 2.52. The van der Waals surface area contributed by atoms with Gasteiger partial charge in [0.15, 0.2) is 0 Å². The Labute approximate surface area is 52.3 Å². The van der Waals surface area contributed by atoms with E-state index in [2.05, 4.69) is 13.8 Å². The van der Waals surface area contributed by atoms with Crippen LogP contribution in [0.3, 0.4) is 0 Å². The molecule has 1 aliphatic rings. The molecule has 0 nitrogen and oxygen atoms in total. The first-order valence-electron chi connectivity index (χ1n) is 3.83. The maximum Gasteiger partial charge on any atom is -0.0412 e. The largest absolute Gasteiger partial charge is 0.0651 e. The van der Waals surface area contributed by atoms with Gasteiger partial charge in [-0.3, -0.25) is 0 Å². The van der Waals surface area contributed by atoms with Crippen LogP contribution < -0.4 is 0 Å². The summed E-state index contributed by atoms with van der Waals surface area (Å²) < 4.78 is 0.